The second-order valence-electron chi connectivity index (χ2n) is 5.23. The first-order valence-corrected chi connectivity index (χ1v) is 6.57. The number of fused-ring (bicyclic) bond motifs is 1. The van der Waals surface area contributed by atoms with Gasteiger partial charge in [-0.3, -0.25) is 0 Å². The maximum atomic E-state index is 6.01. The molecule has 3 rings (SSSR count). The quantitative estimate of drug-likeness (QED) is 0.813. The Morgan fingerprint density at radius 3 is 3.12 bits per heavy atom. The molecule has 2 aliphatic rings. The minimum absolute atomic E-state index is 0.264. The van der Waals surface area contributed by atoms with Gasteiger partial charge in [-0.2, -0.15) is 0 Å². The van der Waals surface area contributed by atoms with Crippen molar-refractivity contribution in [3.05, 3.63) is 11.6 Å². The third-order valence-corrected chi connectivity index (χ3v) is 3.79. The normalized spacial score (nSPS) is 29.0. The molecule has 1 saturated heterocycles. The highest BCUT2D eigenvalue weighted by Gasteiger charge is 2.23. The van der Waals surface area contributed by atoms with Crippen LogP contribution in [0.4, 0.5) is 0 Å². The van der Waals surface area contributed by atoms with Crippen LogP contribution in [0.15, 0.2) is 0 Å². The third-order valence-electron chi connectivity index (χ3n) is 3.79. The van der Waals surface area contributed by atoms with Crippen molar-refractivity contribution < 1.29 is 4.74 Å². The molecule has 3 heterocycles. The summed E-state index contributed by atoms with van der Waals surface area (Å²) in [4.78, 5) is 0. The lowest BCUT2D eigenvalue weighted by atomic mass is 9.98. The van der Waals surface area contributed by atoms with E-state index >= 15 is 0 Å². The van der Waals surface area contributed by atoms with E-state index in [1.807, 2.05) is 0 Å². The van der Waals surface area contributed by atoms with Crippen molar-refractivity contribution >= 4 is 0 Å². The lowest BCUT2D eigenvalue weighted by Crippen LogP contribution is -2.33. The van der Waals surface area contributed by atoms with E-state index in [1.54, 1.807) is 0 Å². The molecule has 0 aromatic carbocycles. The van der Waals surface area contributed by atoms with Gasteiger partial charge in [0.25, 0.3) is 0 Å². The molecule has 5 nitrogen and oxygen atoms in total. The van der Waals surface area contributed by atoms with Crippen molar-refractivity contribution in [2.45, 2.75) is 44.7 Å². The van der Waals surface area contributed by atoms with Gasteiger partial charge in [-0.15, -0.1) is 10.2 Å². The Bertz CT molecular complexity index is 384. The first-order chi connectivity index (χ1) is 8.33. The van der Waals surface area contributed by atoms with Gasteiger partial charge in [-0.05, 0) is 25.2 Å². The summed E-state index contributed by atoms with van der Waals surface area (Å²) >= 11 is 0. The first kappa shape index (κ1) is 11.2. The maximum Gasteiger partial charge on any atom is 0.133 e. The fraction of sp³-hybridized carbons (Fsp3) is 0.833. The number of rotatable bonds is 2. The van der Waals surface area contributed by atoms with Gasteiger partial charge in [0.05, 0.1) is 0 Å². The molecular formula is C12H20N4O. The van der Waals surface area contributed by atoms with Crippen LogP contribution < -0.4 is 5.73 Å². The predicted octanol–water partition coefficient (Wildman–Crippen LogP) is 0.521. The first-order valence-electron chi connectivity index (χ1n) is 6.57. The van der Waals surface area contributed by atoms with Crippen molar-refractivity contribution in [1.29, 1.82) is 0 Å². The van der Waals surface area contributed by atoms with E-state index in [2.05, 4.69) is 14.8 Å². The molecule has 0 radical (unpaired) electrons. The minimum Gasteiger partial charge on any atom is -0.381 e. The Hall–Kier alpha value is -0.940. The highest BCUT2D eigenvalue weighted by atomic mass is 16.5. The summed E-state index contributed by atoms with van der Waals surface area (Å²) in [6.45, 7) is 2.67. The molecule has 17 heavy (non-hydrogen) atoms. The average molecular weight is 236 g/mol. The summed E-state index contributed by atoms with van der Waals surface area (Å²) in [6.07, 6.45) is 5.40. The van der Waals surface area contributed by atoms with Gasteiger partial charge in [-0.25, -0.2) is 0 Å². The van der Waals surface area contributed by atoms with Gasteiger partial charge >= 0.3 is 0 Å². The van der Waals surface area contributed by atoms with E-state index in [0.717, 1.165) is 50.7 Å². The molecule has 0 spiro atoms. The average Bonchev–Trinajstić information content (AvgIpc) is 2.73. The molecule has 0 saturated carbocycles. The van der Waals surface area contributed by atoms with E-state index in [0.29, 0.717) is 5.92 Å². The van der Waals surface area contributed by atoms with Gasteiger partial charge in [0, 0.05) is 38.6 Å². The highest BCUT2D eigenvalue weighted by Crippen LogP contribution is 2.20. The molecule has 94 valence electrons. The van der Waals surface area contributed by atoms with Crippen LogP contribution in [0.1, 0.15) is 30.9 Å². The topological polar surface area (TPSA) is 66.0 Å². The van der Waals surface area contributed by atoms with Gasteiger partial charge in [-0.1, -0.05) is 0 Å². The molecule has 2 N–H and O–H groups in total. The molecule has 2 atom stereocenters. The van der Waals surface area contributed by atoms with Crippen molar-refractivity contribution in [2.75, 3.05) is 13.2 Å². The predicted molar refractivity (Wildman–Crippen MR) is 63.6 cm³/mol. The van der Waals surface area contributed by atoms with Gasteiger partial charge in [0.15, 0.2) is 0 Å². The van der Waals surface area contributed by atoms with E-state index in [1.165, 1.54) is 12.8 Å². The molecule has 1 aromatic heterocycles. The van der Waals surface area contributed by atoms with Gasteiger partial charge in [0.2, 0.25) is 0 Å². The molecule has 5 heteroatoms. The van der Waals surface area contributed by atoms with Crippen molar-refractivity contribution in [3.8, 4) is 0 Å². The van der Waals surface area contributed by atoms with Crippen LogP contribution in [0.5, 0.6) is 0 Å². The Balaban J connectivity index is 1.72. The summed E-state index contributed by atoms with van der Waals surface area (Å²) in [5.41, 5.74) is 6.01. The fourth-order valence-electron chi connectivity index (χ4n) is 2.79. The number of nitrogens with two attached hydrogens (primary N) is 1. The van der Waals surface area contributed by atoms with E-state index in [4.69, 9.17) is 10.5 Å². The lowest BCUT2D eigenvalue weighted by molar-refractivity contribution is 0.0539. The number of hydrogen-bond donors (Lipinski definition) is 1. The smallest absolute Gasteiger partial charge is 0.133 e. The Morgan fingerprint density at radius 1 is 1.35 bits per heavy atom. The second kappa shape index (κ2) is 4.74. The van der Waals surface area contributed by atoms with Crippen LogP contribution in [0.25, 0.3) is 0 Å². The van der Waals surface area contributed by atoms with Crippen LogP contribution in [-0.2, 0) is 24.1 Å². The SMILES string of the molecule is NC1CCc2nnc(CC3CCCOC3)n2C1. The third kappa shape index (κ3) is 2.35. The standard InChI is InChI=1S/C12H20N4O/c13-10-3-4-11-14-15-12(16(11)7-10)6-9-2-1-5-17-8-9/h9-10H,1-8,13H2. The van der Waals surface area contributed by atoms with Gasteiger partial charge in [0.1, 0.15) is 11.6 Å². The summed E-state index contributed by atoms with van der Waals surface area (Å²) in [6, 6.07) is 0.264. The fourth-order valence-corrected chi connectivity index (χ4v) is 2.79. The number of aromatic nitrogens is 3. The van der Waals surface area contributed by atoms with Crippen LogP contribution >= 0.6 is 0 Å². The molecule has 2 unspecified atom stereocenters. The van der Waals surface area contributed by atoms with Crippen LogP contribution in [0.2, 0.25) is 0 Å². The summed E-state index contributed by atoms with van der Waals surface area (Å²) < 4.78 is 7.74. The molecule has 2 aliphatic heterocycles. The Labute approximate surface area is 101 Å². The number of ether oxygens (including phenoxy) is 1. The number of hydrogen-bond acceptors (Lipinski definition) is 4. The molecule has 1 aromatic rings. The summed E-state index contributed by atoms with van der Waals surface area (Å²) in [5, 5.41) is 8.60. The van der Waals surface area contributed by atoms with E-state index < -0.39 is 0 Å². The molecule has 0 aliphatic carbocycles. The summed E-state index contributed by atoms with van der Waals surface area (Å²) in [5.74, 6) is 2.82. The monoisotopic (exact) mass is 236 g/mol. The zero-order chi connectivity index (χ0) is 11.7. The zero-order valence-corrected chi connectivity index (χ0v) is 10.1. The van der Waals surface area contributed by atoms with E-state index in [-0.39, 0.29) is 6.04 Å². The molecular weight excluding hydrogens is 216 g/mol. The minimum atomic E-state index is 0.264. The molecule has 0 amide bonds. The van der Waals surface area contributed by atoms with Crippen molar-refractivity contribution in [1.82, 2.24) is 14.8 Å². The molecule has 1 fully saturated rings. The van der Waals surface area contributed by atoms with Crippen LogP contribution in [0.3, 0.4) is 0 Å². The Kier molecular flexibility index (Phi) is 3.11. The summed E-state index contributed by atoms with van der Waals surface area (Å²) in [7, 11) is 0. The Morgan fingerprint density at radius 2 is 2.29 bits per heavy atom. The van der Waals surface area contributed by atoms with Gasteiger partial charge < -0.3 is 15.0 Å². The zero-order valence-electron chi connectivity index (χ0n) is 10.1. The number of nitrogens with zero attached hydrogens (tertiary/aromatic N) is 3. The van der Waals surface area contributed by atoms with Crippen LogP contribution in [0, 0.1) is 5.92 Å². The maximum absolute atomic E-state index is 6.01. The largest absolute Gasteiger partial charge is 0.381 e. The van der Waals surface area contributed by atoms with Crippen molar-refractivity contribution in [3.63, 3.8) is 0 Å². The number of aryl methyl sites for hydroxylation is 1. The van der Waals surface area contributed by atoms with E-state index in [9.17, 15) is 0 Å². The lowest BCUT2D eigenvalue weighted by Gasteiger charge is -2.24. The molecule has 0 bridgehead atoms. The van der Waals surface area contributed by atoms with Crippen LogP contribution in [-0.4, -0.2) is 34.0 Å². The second-order valence-corrected chi connectivity index (χ2v) is 5.23. The highest BCUT2D eigenvalue weighted by molar-refractivity contribution is 5.02. The van der Waals surface area contributed by atoms with Crippen molar-refractivity contribution in [2.24, 2.45) is 11.7 Å².